The first-order chi connectivity index (χ1) is 7.79. The zero-order valence-corrected chi connectivity index (χ0v) is 9.96. The van der Waals surface area contributed by atoms with E-state index in [1.807, 2.05) is 18.2 Å². The van der Waals surface area contributed by atoms with Gasteiger partial charge in [0.2, 0.25) is 0 Å². The highest BCUT2D eigenvalue weighted by atomic mass is 15.0. The second-order valence-corrected chi connectivity index (χ2v) is 4.34. The molecule has 2 N–H and O–H groups in total. The van der Waals surface area contributed by atoms with Crippen LogP contribution in [0, 0.1) is 5.92 Å². The fraction of sp³-hybridized carbons (Fsp3) is 0.462. The number of H-pyrrole nitrogens is 1. The van der Waals surface area contributed by atoms with Gasteiger partial charge in [0, 0.05) is 0 Å². The number of nitrogens with one attached hydrogen (secondary N) is 2. The molecule has 16 heavy (non-hydrogen) atoms. The van der Waals surface area contributed by atoms with Gasteiger partial charge in [0.25, 0.3) is 0 Å². The first-order valence-corrected chi connectivity index (χ1v) is 5.94. The van der Waals surface area contributed by atoms with Crippen molar-refractivity contribution in [2.24, 2.45) is 5.92 Å². The van der Waals surface area contributed by atoms with E-state index in [-0.39, 0.29) is 0 Å². The Morgan fingerprint density at radius 3 is 2.94 bits per heavy atom. The summed E-state index contributed by atoms with van der Waals surface area (Å²) in [5.74, 6) is 1.74. The molecule has 86 valence electrons. The molecule has 0 spiro atoms. The zero-order chi connectivity index (χ0) is 11.4. The maximum Gasteiger partial charge on any atom is 0.121 e. The molecule has 1 aromatic heterocycles. The van der Waals surface area contributed by atoms with Crippen molar-refractivity contribution in [1.82, 2.24) is 15.3 Å². The maximum absolute atomic E-state index is 4.52. The summed E-state index contributed by atoms with van der Waals surface area (Å²) < 4.78 is 0. The highest BCUT2D eigenvalue weighted by molar-refractivity contribution is 5.74. The molecule has 0 saturated carbocycles. The molecule has 2 rings (SSSR count). The van der Waals surface area contributed by atoms with Crippen LogP contribution in [-0.2, 0) is 6.54 Å². The molecular formula is C13H19N3. The first-order valence-electron chi connectivity index (χ1n) is 5.94. The quantitative estimate of drug-likeness (QED) is 0.808. The molecule has 0 amide bonds. The maximum atomic E-state index is 4.52. The Hall–Kier alpha value is -1.35. The minimum Gasteiger partial charge on any atom is -0.341 e. The van der Waals surface area contributed by atoms with E-state index in [0.717, 1.165) is 35.9 Å². The largest absolute Gasteiger partial charge is 0.341 e. The minimum absolute atomic E-state index is 0.726. The van der Waals surface area contributed by atoms with Gasteiger partial charge in [-0.1, -0.05) is 32.4 Å². The summed E-state index contributed by atoms with van der Waals surface area (Å²) in [6.07, 6.45) is 1.22. The van der Waals surface area contributed by atoms with Gasteiger partial charge in [-0.25, -0.2) is 4.98 Å². The van der Waals surface area contributed by atoms with Crippen molar-refractivity contribution in [2.45, 2.75) is 26.8 Å². The number of fused-ring (bicyclic) bond motifs is 1. The Balaban J connectivity index is 1.94. The molecule has 0 bridgehead atoms. The number of aromatic amines is 1. The predicted octanol–water partition coefficient (Wildman–Crippen LogP) is 2.70. The zero-order valence-electron chi connectivity index (χ0n) is 9.96. The number of aromatic nitrogens is 2. The molecule has 0 aliphatic rings. The molecule has 3 heteroatoms. The molecule has 3 nitrogen and oxygen atoms in total. The van der Waals surface area contributed by atoms with Crippen molar-refractivity contribution in [3.63, 3.8) is 0 Å². The Morgan fingerprint density at radius 2 is 2.19 bits per heavy atom. The molecule has 1 aromatic carbocycles. The molecule has 2 aromatic rings. The SMILES string of the molecule is CCC(C)CNCc1nc2ccccc2[nH]1. The average Bonchev–Trinajstić information content (AvgIpc) is 2.71. The van der Waals surface area contributed by atoms with Crippen LogP contribution in [-0.4, -0.2) is 16.5 Å². The van der Waals surface area contributed by atoms with Crippen molar-refractivity contribution in [3.05, 3.63) is 30.1 Å². The van der Waals surface area contributed by atoms with Crippen molar-refractivity contribution in [3.8, 4) is 0 Å². The minimum atomic E-state index is 0.726. The van der Waals surface area contributed by atoms with Crippen molar-refractivity contribution < 1.29 is 0 Å². The van der Waals surface area contributed by atoms with Crippen LogP contribution in [0.15, 0.2) is 24.3 Å². The van der Waals surface area contributed by atoms with Crippen LogP contribution in [0.2, 0.25) is 0 Å². The number of nitrogens with zero attached hydrogens (tertiary/aromatic N) is 1. The Kier molecular flexibility index (Phi) is 3.57. The van der Waals surface area contributed by atoms with Crippen LogP contribution in [0.3, 0.4) is 0 Å². The van der Waals surface area contributed by atoms with E-state index in [0.29, 0.717) is 0 Å². The second-order valence-electron chi connectivity index (χ2n) is 4.34. The van der Waals surface area contributed by atoms with E-state index in [1.54, 1.807) is 0 Å². The lowest BCUT2D eigenvalue weighted by atomic mass is 10.1. The Bertz CT molecular complexity index is 414. The normalized spacial score (nSPS) is 13.1. The topological polar surface area (TPSA) is 40.7 Å². The van der Waals surface area contributed by atoms with Crippen molar-refractivity contribution >= 4 is 11.0 Å². The number of imidazole rings is 1. The lowest BCUT2D eigenvalue weighted by molar-refractivity contribution is 0.495. The van der Waals surface area contributed by atoms with Gasteiger partial charge in [0.1, 0.15) is 5.82 Å². The monoisotopic (exact) mass is 217 g/mol. The number of benzene rings is 1. The van der Waals surface area contributed by atoms with Gasteiger partial charge in [-0.2, -0.15) is 0 Å². The van der Waals surface area contributed by atoms with E-state index in [2.05, 4.69) is 35.2 Å². The predicted molar refractivity (Wildman–Crippen MR) is 67.3 cm³/mol. The standard InChI is InChI=1S/C13H19N3/c1-3-10(2)8-14-9-13-15-11-6-4-5-7-12(11)16-13/h4-7,10,14H,3,8-9H2,1-2H3,(H,15,16). The second kappa shape index (κ2) is 5.12. The van der Waals surface area contributed by atoms with Crippen LogP contribution >= 0.6 is 0 Å². The van der Waals surface area contributed by atoms with Crippen molar-refractivity contribution in [2.75, 3.05) is 6.54 Å². The summed E-state index contributed by atoms with van der Waals surface area (Å²) in [5, 5.41) is 3.42. The molecular weight excluding hydrogens is 198 g/mol. The Labute approximate surface area is 96.3 Å². The molecule has 1 unspecified atom stereocenters. The van der Waals surface area contributed by atoms with Gasteiger partial charge in [-0.05, 0) is 24.6 Å². The van der Waals surface area contributed by atoms with Gasteiger partial charge in [0.05, 0.1) is 17.6 Å². The lowest BCUT2D eigenvalue weighted by Gasteiger charge is -2.08. The lowest BCUT2D eigenvalue weighted by Crippen LogP contribution is -2.20. The molecule has 1 atom stereocenters. The van der Waals surface area contributed by atoms with Crippen LogP contribution in [0.5, 0.6) is 0 Å². The third-order valence-electron chi connectivity index (χ3n) is 2.92. The van der Waals surface area contributed by atoms with E-state index in [4.69, 9.17) is 0 Å². The fourth-order valence-electron chi connectivity index (χ4n) is 1.67. The van der Waals surface area contributed by atoms with Gasteiger partial charge in [-0.15, -0.1) is 0 Å². The Morgan fingerprint density at radius 1 is 1.38 bits per heavy atom. The highest BCUT2D eigenvalue weighted by Gasteiger charge is 2.02. The summed E-state index contributed by atoms with van der Waals surface area (Å²) in [4.78, 5) is 7.83. The summed E-state index contributed by atoms with van der Waals surface area (Å²) in [6.45, 7) is 6.34. The number of hydrogen-bond acceptors (Lipinski definition) is 2. The van der Waals surface area contributed by atoms with Crippen LogP contribution < -0.4 is 5.32 Å². The van der Waals surface area contributed by atoms with Gasteiger partial charge in [-0.3, -0.25) is 0 Å². The number of hydrogen-bond donors (Lipinski definition) is 2. The van der Waals surface area contributed by atoms with E-state index >= 15 is 0 Å². The van der Waals surface area contributed by atoms with Crippen LogP contribution in [0.1, 0.15) is 26.1 Å². The van der Waals surface area contributed by atoms with Crippen LogP contribution in [0.4, 0.5) is 0 Å². The molecule has 1 heterocycles. The number of rotatable bonds is 5. The molecule has 0 aliphatic carbocycles. The molecule has 0 fully saturated rings. The van der Waals surface area contributed by atoms with Crippen molar-refractivity contribution in [1.29, 1.82) is 0 Å². The molecule has 0 saturated heterocycles. The molecule has 0 aliphatic heterocycles. The summed E-state index contributed by atoms with van der Waals surface area (Å²) in [7, 11) is 0. The number of para-hydroxylation sites is 2. The summed E-state index contributed by atoms with van der Waals surface area (Å²) >= 11 is 0. The first kappa shape index (κ1) is 11.1. The third-order valence-corrected chi connectivity index (χ3v) is 2.92. The highest BCUT2D eigenvalue weighted by Crippen LogP contribution is 2.10. The van der Waals surface area contributed by atoms with Gasteiger partial charge < -0.3 is 10.3 Å². The summed E-state index contributed by atoms with van der Waals surface area (Å²) in [6, 6.07) is 8.13. The van der Waals surface area contributed by atoms with E-state index in [1.165, 1.54) is 6.42 Å². The summed E-state index contributed by atoms with van der Waals surface area (Å²) in [5.41, 5.74) is 2.16. The molecule has 0 radical (unpaired) electrons. The third kappa shape index (κ3) is 2.61. The van der Waals surface area contributed by atoms with E-state index in [9.17, 15) is 0 Å². The van der Waals surface area contributed by atoms with E-state index < -0.39 is 0 Å². The van der Waals surface area contributed by atoms with Gasteiger partial charge >= 0.3 is 0 Å². The average molecular weight is 217 g/mol. The van der Waals surface area contributed by atoms with Gasteiger partial charge in [0.15, 0.2) is 0 Å². The van der Waals surface area contributed by atoms with Crippen LogP contribution in [0.25, 0.3) is 11.0 Å². The smallest absolute Gasteiger partial charge is 0.121 e. The fourth-order valence-corrected chi connectivity index (χ4v) is 1.67.